The lowest BCUT2D eigenvalue weighted by molar-refractivity contribution is -0.259. The molecule has 7 nitrogen and oxygen atoms in total. The van der Waals surface area contributed by atoms with Crippen LogP contribution in [0.2, 0.25) is 0 Å². The van der Waals surface area contributed by atoms with E-state index in [1.165, 1.54) is 77.0 Å². The van der Waals surface area contributed by atoms with Gasteiger partial charge >= 0.3 is 17.9 Å². The van der Waals surface area contributed by atoms with E-state index in [1.807, 2.05) is 0 Å². The molecule has 0 aliphatic heterocycles. The van der Waals surface area contributed by atoms with Gasteiger partial charge in [-0.05, 0) is 25.0 Å². The highest BCUT2D eigenvalue weighted by atomic mass is 17.2. The molecule has 218 valence electrons. The zero-order valence-corrected chi connectivity index (χ0v) is 23.9. The third-order valence-corrected chi connectivity index (χ3v) is 6.29. The molecule has 0 saturated heterocycles. The molecule has 7 heteroatoms. The van der Waals surface area contributed by atoms with E-state index in [4.69, 9.17) is 5.26 Å². The Bertz CT molecular complexity index is 657. The largest absolute Gasteiger partial charge is 0.372 e. The second-order valence-electron chi connectivity index (χ2n) is 9.81. The first-order chi connectivity index (χ1) is 18.5. The van der Waals surface area contributed by atoms with Crippen LogP contribution in [0, 0.1) is 0 Å². The third-order valence-electron chi connectivity index (χ3n) is 6.29. The minimum Gasteiger partial charge on any atom is -0.296 e. The number of rotatable bonds is 21. The fraction of sp³-hybridized carbons (Fsp3) is 0.710. The van der Waals surface area contributed by atoms with Gasteiger partial charge in [0, 0.05) is 0 Å². The SMILES string of the molecule is CCCCCCCCCCCC(=O)OOC(=O)CCCCCCCCCCC.O=C(OO)c1ccccc1. The number of carbonyl (C=O) groups is 3. The molecule has 38 heavy (non-hydrogen) atoms. The van der Waals surface area contributed by atoms with Crippen LogP contribution in [0.5, 0.6) is 0 Å². The van der Waals surface area contributed by atoms with Crippen LogP contribution in [-0.4, -0.2) is 23.2 Å². The van der Waals surface area contributed by atoms with E-state index in [0.29, 0.717) is 18.4 Å². The summed E-state index contributed by atoms with van der Waals surface area (Å²) in [6, 6.07) is 8.25. The molecule has 0 fully saturated rings. The van der Waals surface area contributed by atoms with Crippen molar-refractivity contribution < 1.29 is 34.3 Å². The molecule has 0 aliphatic carbocycles. The Morgan fingerprint density at radius 3 is 1.24 bits per heavy atom. The van der Waals surface area contributed by atoms with Gasteiger partial charge in [-0.25, -0.2) is 24.2 Å². The Hall–Kier alpha value is -2.41. The molecule has 0 radical (unpaired) electrons. The summed E-state index contributed by atoms with van der Waals surface area (Å²) in [6.45, 7) is 4.46. The Balaban J connectivity index is 0.00000113. The van der Waals surface area contributed by atoms with Crippen LogP contribution >= 0.6 is 0 Å². The monoisotopic (exact) mass is 536 g/mol. The van der Waals surface area contributed by atoms with E-state index in [0.717, 1.165) is 38.5 Å². The summed E-state index contributed by atoms with van der Waals surface area (Å²) >= 11 is 0. The van der Waals surface area contributed by atoms with Gasteiger partial charge in [0.1, 0.15) is 0 Å². The Labute approximate surface area is 230 Å². The predicted molar refractivity (Wildman–Crippen MR) is 150 cm³/mol. The van der Waals surface area contributed by atoms with Gasteiger partial charge in [0.2, 0.25) is 0 Å². The fourth-order valence-electron chi connectivity index (χ4n) is 3.96. The van der Waals surface area contributed by atoms with Gasteiger partial charge in [-0.15, -0.1) is 0 Å². The summed E-state index contributed by atoms with van der Waals surface area (Å²) in [5, 5.41) is 7.94. The molecule has 1 N–H and O–H groups in total. The van der Waals surface area contributed by atoms with Crippen molar-refractivity contribution in [3.8, 4) is 0 Å². The molecular formula is C31H52O7. The normalized spacial score (nSPS) is 10.3. The molecule has 0 unspecified atom stereocenters. The summed E-state index contributed by atoms with van der Waals surface area (Å²) < 4.78 is 0. The van der Waals surface area contributed by atoms with Crippen molar-refractivity contribution in [2.24, 2.45) is 0 Å². The average molecular weight is 537 g/mol. The minimum absolute atomic E-state index is 0.334. The number of hydrogen-bond donors (Lipinski definition) is 1. The molecule has 0 amide bonds. The third kappa shape index (κ3) is 24.0. The van der Waals surface area contributed by atoms with Crippen LogP contribution in [0.15, 0.2) is 30.3 Å². The van der Waals surface area contributed by atoms with E-state index in [1.54, 1.807) is 30.3 Å². The van der Waals surface area contributed by atoms with Crippen LogP contribution in [0.1, 0.15) is 153 Å². The average Bonchev–Trinajstić information content (AvgIpc) is 2.94. The highest BCUT2D eigenvalue weighted by molar-refractivity contribution is 5.88. The minimum atomic E-state index is -0.736. The first-order valence-electron chi connectivity index (χ1n) is 14.9. The molecular weight excluding hydrogens is 484 g/mol. The zero-order chi connectivity index (χ0) is 28.1. The van der Waals surface area contributed by atoms with E-state index >= 15 is 0 Å². The van der Waals surface area contributed by atoms with Crippen molar-refractivity contribution >= 4 is 17.9 Å². The second-order valence-corrected chi connectivity index (χ2v) is 9.81. The number of benzene rings is 1. The van der Waals surface area contributed by atoms with Crippen LogP contribution in [-0.2, 0) is 24.3 Å². The second kappa shape index (κ2) is 27.6. The Morgan fingerprint density at radius 2 is 0.895 bits per heavy atom. The van der Waals surface area contributed by atoms with Crippen molar-refractivity contribution in [3.63, 3.8) is 0 Å². The van der Waals surface area contributed by atoms with Crippen molar-refractivity contribution in [1.82, 2.24) is 0 Å². The van der Waals surface area contributed by atoms with Crippen LogP contribution in [0.25, 0.3) is 0 Å². The van der Waals surface area contributed by atoms with Gasteiger partial charge in [0.05, 0.1) is 18.4 Å². The summed E-state index contributed by atoms with van der Waals surface area (Å²) in [5.41, 5.74) is 0.338. The van der Waals surface area contributed by atoms with Gasteiger partial charge in [0.25, 0.3) is 0 Å². The number of unbranched alkanes of at least 4 members (excludes halogenated alkanes) is 16. The smallest absolute Gasteiger partial charge is 0.296 e. The lowest BCUT2D eigenvalue weighted by Crippen LogP contribution is -2.11. The Morgan fingerprint density at radius 1 is 0.553 bits per heavy atom. The lowest BCUT2D eigenvalue weighted by atomic mass is 10.1. The van der Waals surface area contributed by atoms with Crippen LogP contribution in [0.4, 0.5) is 0 Å². The highest BCUT2D eigenvalue weighted by Crippen LogP contribution is 2.12. The van der Waals surface area contributed by atoms with E-state index < -0.39 is 17.9 Å². The topological polar surface area (TPSA) is 99.1 Å². The van der Waals surface area contributed by atoms with Crippen molar-refractivity contribution in [2.45, 2.75) is 142 Å². The van der Waals surface area contributed by atoms with Crippen molar-refractivity contribution in [1.29, 1.82) is 0 Å². The van der Waals surface area contributed by atoms with E-state index in [9.17, 15) is 14.4 Å². The quantitative estimate of drug-likeness (QED) is 0.0949. The summed E-state index contributed by atoms with van der Waals surface area (Å²) in [4.78, 5) is 46.4. The molecule has 1 aromatic carbocycles. The molecule has 0 aliphatic rings. The maximum atomic E-state index is 11.6. The van der Waals surface area contributed by atoms with Crippen LogP contribution < -0.4 is 0 Å². The molecule has 0 bridgehead atoms. The molecule has 0 heterocycles. The summed E-state index contributed by atoms with van der Waals surface area (Å²) in [7, 11) is 0. The van der Waals surface area contributed by atoms with Gasteiger partial charge in [0.15, 0.2) is 0 Å². The summed E-state index contributed by atoms with van der Waals surface area (Å²) in [5.74, 6) is -1.59. The lowest BCUT2D eigenvalue weighted by Gasteiger charge is -2.04. The Kier molecular flexibility index (Phi) is 25.9. The zero-order valence-electron chi connectivity index (χ0n) is 23.9. The fourth-order valence-corrected chi connectivity index (χ4v) is 3.96. The summed E-state index contributed by atoms with van der Waals surface area (Å²) in [6.07, 6.45) is 22.3. The highest BCUT2D eigenvalue weighted by Gasteiger charge is 2.09. The maximum Gasteiger partial charge on any atom is 0.372 e. The van der Waals surface area contributed by atoms with E-state index in [2.05, 4.69) is 28.5 Å². The van der Waals surface area contributed by atoms with Gasteiger partial charge in [-0.1, -0.05) is 135 Å². The molecule has 0 aromatic heterocycles. The number of carbonyl (C=O) groups excluding carboxylic acids is 3. The van der Waals surface area contributed by atoms with Crippen molar-refractivity contribution in [3.05, 3.63) is 35.9 Å². The van der Waals surface area contributed by atoms with Crippen LogP contribution in [0.3, 0.4) is 0 Å². The van der Waals surface area contributed by atoms with Gasteiger partial charge in [-0.3, -0.25) is 4.89 Å². The predicted octanol–water partition coefficient (Wildman–Crippen LogP) is 9.15. The first-order valence-corrected chi connectivity index (χ1v) is 14.9. The van der Waals surface area contributed by atoms with Gasteiger partial charge < -0.3 is 0 Å². The molecule has 0 atom stereocenters. The molecule has 0 spiro atoms. The van der Waals surface area contributed by atoms with Crippen molar-refractivity contribution in [2.75, 3.05) is 0 Å². The van der Waals surface area contributed by atoms with E-state index in [-0.39, 0.29) is 0 Å². The standard InChI is InChI=1S/C24H46O4.C7H6O3/c1-3-5-7-9-11-13-15-17-19-21-23(25)27-28-24(26)22-20-18-16-14-12-10-8-6-4-2;8-7(10-9)6-4-2-1-3-5-6/h3-22H2,1-2H3;1-5,9H. The van der Waals surface area contributed by atoms with Gasteiger partial charge in [-0.2, -0.15) is 5.26 Å². The molecule has 1 rings (SSSR count). The maximum absolute atomic E-state index is 11.6. The molecule has 0 saturated carbocycles. The molecule has 1 aromatic rings. The first kappa shape index (κ1) is 35.6. The number of hydrogen-bond acceptors (Lipinski definition) is 7.